The summed E-state index contributed by atoms with van der Waals surface area (Å²) in [7, 11) is 0. The van der Waals surface area contributed by atoms with Crippen molar-refractivity contribution >= 4 is 56.8 Å². The predicted molar refractivity (Wildman–Crippen MR) is 116 cm³/mol. The van der Waals surface area contributed by atoms with Crippen LogP contribution in [-0.2, 0) is 30.0 Å². The van der Waals surface area contributed by atoms with Crippen LogP contribution in [0.15, 0.2) is 48.5 Å². The molecule has 0 saturated carbocycles. The van der Waals surface area contributed by atoms with Crippen molar-refractivity contribution in [2.75, 3.05) is 0 Å². The van der Waals surface area contributed by atoms with Gasteiger partial charge in [0, 0.05) is 0 Å². The number of aliphatic hydroxyl groups excluding tert-OH is 2. The van der Waals surface area contributed by atoms with Crippen molar-refractivity contribution in [3.05, 3.63) is 71.0 Å². The summed E-state index contributed by atoms with van der Waals surface area (Å²) in [6.07, 6.45) is 0. The first-order valence-corrected chi connectivity index (χ1v) is 8.56. The van der Waals surface area contributed by atoms with Gasteiger partial charge in [0.1, 0.15) is 24.9 Å². The van der Waals surface area contributed by atoms with Gasteiger partial charge < -0.3 is 31.0 Å². The molecule has 4 aromatic rings. The number of thiocarbonyl (C=S) groups is 2. The maximum absolute atomic E-state index is 8.74. The fourth-order valence-corrected chi connectivity index (χ4v) is 2.16. The molecule has 8 nitrogen and oxygen atoms in total. The normalized spacial score (nSPS) is 8.62. The molecule has 0 unspecified atom stereocenters. The number of nitrogens with one attached hydrogen (secondary N) is 2. The monoisotopic (exact) mass is 471 g/mol. The van der Waals surface area contributed by atoms with E-state index in [1.165, 1.54) is 10.3 Å². The van der Waals surface area contributed by atoms with Gasteiger partial charge in [-0.15, -0.1) is 0 Å². The number of nitrogens with zero attached hydrogens (tertiary/aromatic N) is 4. The van der Waals surface area contributed by atoms with E-state index in [2.05, 4.69) is 44.4 Å². The summed E-state index contributed by atoms with van der Waals surface area (Å²) in [5.74, 6) is 1.23. The van der Waals surface area contributed by atoms with E-state index in [0.717, 1.165) is 22.1 Å². The molecule has 0 aliphatic carbocycles. The van der Waals surface area contributed by atoms with Gasteiger partial charge in [0.25, 0.3) is 0 Å². The number of H-pyrrole nitrogens is 2. The molecule has 0 bridgehead atoms. The Labute approximate surface area is 187 Å². The van der Waals surface area contributed by atoms with Gasteiger partial charge >= 0.3 is 16.8 Å². The number of imidazole rings is 2. The Morgan fingerprint density at radius 3 is 1.34 bits per heavy atom. The minimum Gasteiger partial charge on any atom is -0.753 e. The summed E-state index contributed by atoms with van der Waals surface area (Å²) in [5, 5.41) is 34.4. The van der Waals surface area contributed by atoms with Crippen LogP contribution in [0.5, 0.6) is 0 Å². The van der Waals surface area contributed by atoms with E-state index in [-0.39, 0.29) is 30.0 Å². The summed E-state index contributed by atoms with van der Waals surface area (Å²) in [6.45, 7) is -0.0661. The average molecular weight is 471 g/mol. The number of hydrogen-bond acceptors (Lipinski definition) is 6. The Hall–Kier alpha value is -2.59. The Morgan fingerprint density at radius 2 is 1.07 bits per heavy atom. The Balaban J connectivity index is 0.000000416. The number of hydrogen-bond donors (Lipinski definition) is 4. The molecule has 4 N–H and O–H groups in total. The molecule has 11 heteroatoms. The number of benzene rings is 2. The quantitative estimate of drug-likeness (QED) is 0.261. The minimum atomic E-state index is -0.0331. The maximum Gasteiger partial charge on any atom is 2.00 e. The number of para-hydroxylation sites is 4. The molecule has 0 saturated heterocycles. The van der Waals surface area contributed by atoms with Crippen molar-refractivity contribution in [2.45, 2.75) is 13.2 Å². The Morgan fingerprint density at radius 1 is 0.759 bits per heavy atom. The molecule has 0 aliphatic heterocycles. The summed E-state index contributed by atoms with van der Waals surface area (Å²) < 4.78 is 0. The zero-order valence-electron chi connectivity index (χ0n) is 14.9. The van der Waals surface area contributed by atoms with Gasteiger partial charge in [0.15, 0.2) is 0 Å². The summed E-state index contributed by atoms with van der Waals surface area (Å²) in [6, 6.07) is 15.4. The fourth-order valence-electron chi connectivity index (χ4n) is 2.16. The largest absolute Gasteiger partial charge is 2.00 e. The second-order valence-corrected chi connectivity index (χ2v) is 5.27. The van der Waals surface area contributed by atoms with E-state index in [1.54, 1.807) is 0 Å². The number of aliphatic hydroxyl groups is 2. The zero-order chi connectivity index (χ0) is 20.8. The third-order valence-corrected chi connectivity index (χ3v) is 3.18. The van der Waals surface area contributed by atoms with Gasteiger partial charge in [-0.25, -0.2) is 9.97 Å². The SMILES string of the molecule is OCc1nc2ccccc2[nH]1.OCc1nc2ccccc2[nH]1.[Co+2].[N-]=C=S.[N-]=C=S. The molecule has 2 aromatic heterocycles. The van der Waals surface area contributed by atoms with Crippen LogP contribution in [0.3, 0.4) is 0 Å². The Kier molecular flexibility index (Phi) is 14.0. The van der Waals surface area contributed by atoms with Crippen LogP contribution in [0.4, 0.5) is 0 Å². The van der Waals surface area contributed by atoms with Crippen LogP contribution in [-0.4, -0.2) is 40.5 Å². The third-order valence-electron chi connectivity index (χ3n) is 3.18. The van der Waals surface area contributed by atoms with Crippen molar-refractivity contribution in [3.8, 4) is 0 Å². The maximum atomic E-state index is 8.74. The van der Waals surface area contributed by atoms with Crippen molar-refractivity contribution in [2.24, 2.45) is 0 Å². The number of rotatable bonds is 2. The topological polar surface area (TPSA) is 142 Å². The van der Waals surface area contributed by atoms with Crippen molar-refractivity contribution in [3.63, 3.8) is 0 Å². The number of aromatic nitrogens is 4. The molecule has 29 heavy (non-hydrogen) atoms. The minimum absolute atomic E-state index is 0. The van der Waals surface area contributed by atoms with Crippen LogP contribution in [0.1, 0.15) is 11.6 Å². The van der Waals surface area contributed by atoms with Crippen LogP contribution in [0, 0.1) is 0 Å². The van der Waals surface area contributed by atoms with E-state index in [9.17, 15) is 0 Å². The molecule has 0 amide bonds. The van der Waals surface area contributed by atoms with Gasteiger partial charge in [0.05, 0.1) is 22.1 Å². The van der Waals surface area contributed by atoms with E-state index >= 15 is 0 Å². The number of aromatic amines is 2. The summed E-state index contributed by atoms with van der Waals surface area (Å²) in [4.78, 5) is 14.2. The van der Waals surface area contributed by atoms with Crippen molar-refractivity contribution in [1.29, 1.82) is 0 Å². The number of fused-ring (bicyclic) bond motifs is 2. The van der Waals surface area contributed by atoms with Gasteiger partial charge in [-0.05, 0) is 24.3 Å². The van der Waals surface area contributed by atoms with E-state index in [0.29, 0.717) is 11.6 Å². The first-order valence-electron chi connectivity index (χ1n) is 7.74. The second-order valence-electron chi connectivity index (χ2n) is 4.90. The van der Waals surface area contributed by atoms with Gasteiger partial charge in [-0.1, -0.05) is 48.7 Å². The van der Waals surface area contributed by atoms with Gasteiger partial charge in [-0.2, -0.15) is 10.3 Å². The van der Waals surface area contributed by atoms with E-state index in [4.69, 9.17) is 21.0 Å². The third kappa shape index (κ3) is 8.96. The average Bonchev–Trinajstić information content (AvgIpc) is 3.33. The smallest absolute Gasteiger partial charge is 0.753 e. The summed E-state index contributed by atoms with van der Waals surface area (Å²) >= 11 is 7.40. The molecule has 4 rings (SSSR count). The fraction of sp³-hybridized carbons (Fsp3) is 0.111. The molecule has 0 spiro atoms. The summed E-state index contributed by atoms with van der Waals surface area (Å²) in [5.41, 5.74) is 3.74. The molecule has 0 fully saturated rings. The van der Waals surface area contributed by atoms with E-state index < -0.39 is 0 Å². The van der Waals surface area contributed by atoms with Crippen LogP contribution in [0.25, 0.3) is 32.9 Å². The van der Waals surface area contributed by atoms with Crippen molar-refractivity contribution < 1.29 is 27.0 Å². The van der Waals surface area contributed by atoms with Crippen LogP contribution < -0.4 is 0 Å². The van der Waals surface area contributed by atoms with Gasteiger partial charge in [0.2, 0.25) is 0 Å². The molecular weight excluding hydrogens is 455 g/mol. The first-order chi connectivity index (χ1) is 13.6. The molecule has 151 valence electrons. The molecule has 2 aromatic carbocycles. The standard InChI is InChI=1S/2C8H8N2O.2CNS.Co/c2*11-5-8-9-6-3-1-2-4-7(6)10-8;2*2-1-3;/h2*1-4,11H,5H2,(H,9,10);;;/q;;2*-1;+2. The first kappa shape index (κ1) is 26.4. The molecule has 0 atom stereocenters. The zero-order valence-corrected chi connectivity index (χ0v) is 17.5. The van der Waals surface area contributed by atoms with Gasteiger partial charge in [-0.3, -0.25) is 0 Å². The van der Waals surface area contributed by atoms with Crippen LogP contribution in [0.2, 0.25) is 0 Å². The predicted octanol–water partition coefficient (Wildman–Crippen LogP) is 3.43. The van der Waals surface area contributed by atoms with Crippen molar-refractivity contribution in [1.82, 2.24) is 19.9 Å². The van der Waals surface area contributed by atoms with Crippen LogP contribution >= 0.6 is 24.4 Å². The molecule has 1 radical (unpaired) electrons. The molecular formula is C18H16CoN6O2S2. The molecule has 0 aliphatic rings. The Bertz CT molecular complexity index is 918. The second kappa shape index (κ2) is 15.3. The molecule has 2 heterocycles. The number of isothiocyanates is 2. The van der Waals surface area contributed by atoms with E-state index in [1.807, 2.05) is 48.5 Å².